The van der Waals surface area contributed by atoms with Crippen LogP contribution in [0.15, 0.2) is 30.3 Å². The molecule has 0 fully saturated rings. The molecule has 5 nitrogen and oxygen atoms in total. The van der Waals surface area contributed by atoms with Gasteiger partial charge in [-0.1, -0.05) is 50.6 Å². The molecule has 1 aromatic carbocycles. The number of rotatable bonds is 8. The lowest BCUT2D eigenvalue weighted by Gasteiger charge is -2.16. The van der Waals surface area contributed by atoms with E-state index in [0.717, 1.165) is 6.42 Å². The maximum atomic E-state index is 11.7. The number of carbonyl (C=O) groups excluding carboxylic acids is 1. The summed E-state index contributed by atoms with van der Waals surface area (Å²) in [6.07, 6.45) is 1.95. The number of aliphatic carboxylic acids is 1. The molecule has 0 aliphatic rings. The maximum Gasteiger partial charge on any atom is 0.326 e. The maximum absolute atomic E-state index is 11.7. The van der Waals surface area contributed by atoms with Gasteiger partial charge in [-0.2, -0.15) is 0 Å². The number of hydrogen-bond donors (Lipinski definition) is 3. The number of carboxylic acids is 1. The van der Waals surface area contributed by atoms with Crippen molar-refractivity contribution >= 4 is 12.0 Å². The zero-order chi connectivity index (χ0) is 15.7. The summed E-state index contributed by atoms with van der Waals surface area (Å²) in [5.41, 5.74) is 1.23. The topological polar surface area (TPSA) is 78.4 Å². The quantitative estimate of drug-likeness (QED) is 0.689. The Labute approximate surface area is 125 Å². The highest BCUT2D eigenvalue weighted by atomic mass is 16.4. The van der Waals surface area contributed by atoms with E-state index in [1.807, 2.05) is 25.1 Å². The Kier molecular flexibility index (Phi) is 7.29. The number of benzene rings is 1. The largest absolute Gasteiger partial charge is 0.480 e. The minimum Gasteiger partial charge on any atom is -0.480 e. The van der Waals surface area contributed by atoms with Gasteiger partial charge in [0.1, 0.15) is 6.04 Å². The van der Waals surface area contributed by atoms with Crippen LogP contribution in [0.4, 0.5) is 4.79 Å². The van der Waals surface area contributed by atoms with E-state index in [9.17, 15) is 9.59 Å². The third-order valence-electron chi connectivity index (χ3n) is 3.41. The Hall–Kier alpha value is -2.04. The minimum atomic E-state index is -0.996. The van der Waals surface area contributed by atoms with Crippen molar-refractivity contribution < 1.29 is 14.7 Å². The Morgan fingerprint density at radius 3 is 2.43 bits per heavy atom. The van der Waals surface area contributed by atoms with Gasteiger partial charge in [-0.3, -0.25) is 0 Å². The normalized spacial score (nSPS) is 13.2. The van der Waals surface area contributed by atoms with E-state index in [1.165, 1.54) is 5.56 Å². The number of carbonyl (C=O) groups is 2. The van der Waals surface area contributed by atoms with Crippen molar-refractivity contribution in [1.82, 2.24) is 10.6 Å². The highest BCUT2D eigenvalue weighted by molar-refractivity contribution is 5.82. The molecule has 116 valence electrons. The van der Waals surface area contributed by atoms with Gasteiger partial charge in [0.2, 0.25) is 0 Å². The van der Waals surface area contributed by atoms with Crippen LogP contribution in [0.25, 0.3) is 0 Å². The second kappa shape index (κ2) is 9.00. The first-order chi connectivity index (χ1) is 10.0. The Bertz CT molecular complexity index is 448. The van der Waals surface area contributed by atoms with E-state index >= 15 is 0 Å². The van der Waals surface area contributed by atoms with E-state index in [0.29, 0.717) is 25.3 Å². The van der Waals surface area contributed by atoms with Gasteiger partial charge in [0.05, 0.1) is 0 Å². The first kappa shape index (κ1) is 17.0. The summed E-state index contributed by atoms with van der Waals surface area (Å²) >= 11 is 0. The number of urea groups is 1. The zero-order valence-electron chi connectivity index (χ0n) is 12.6. The van der Waals surface area contributed by atoms with Crippen LogP contribution >= 0.6 is 0 Å². The minimum absolute atomic E-state index is 0.345. The van der Waals surface area contributed by atoms with Crippen LogP contribution in [0.1, 0.15) is 44.6 Å². The second-order valence-electron chi connectivity index (χ2n) is 5.18. The van der Waals surface area contributed by atoms with Gasteiger partial charge >= 0.3 is 12.0 Å². The van der Waals surface area contributed by atoms with Crippen molar-refractivity contribution in [3.05, 3.63) is 35.9 Å². The molecule has 2 atom stereocenters. The number of nitrogens with one attached hydrogen (secondary N) is 2. The van der Waals surface area contributed by atoms with Crippen molar-refractivity contribution in [2.75, 3.05) is 6.54 Å². The number of amides is 2. The molecule has 0 aliphatic heterocycles. The van der Waals surface area contributed by atoms with E-state index in [-0.39, 0.29) is 0 Å². The first-order valence-electron chi connectivity index (χ1n) is 7.36. The summed E-state index contributed by atoms with van der Waals surface area (Å²) in [6, 6.07) is 8.85. The highest BCUT2D eigenvalue weighted by Gasteiger charge is 2.18. The van der Waals surface area contributed by atoms with Crippen LogP contribution < -0.4 is 10.6 Å². The average molecular weight is 292 g/mol. The van der Waals surface area contributed by atoms with E-state index in [4.69, 9.17) is 5.11 Å². The van der Waals surface area contributed by atoms with Crippen LogP contribution in [-0.2, 0) is 4.79 Å². The molecule has 21 heavy (non-hydrogen) atoms. The van der Waals surface area contributed by atoms with Crippen molar-refractivity contribution in [3.63, 3.8) is 0 Å². The van der Waals surface area contributed by atoms with Gasteiger partial charge < -0.3 is 15.7 Å². The van der Waals surface area contributed by atoms with Gasteiger partial charge in [-0.15, -0.1) is 0 Å². The Morgan fingerprint density at radius 2 is 1.86 bits per heavy atom. The van der Waals surface area contributed by atoms with Gasteiger partial charge in [0.25, 0.3) is 0 Å². The fourth-order valence-electron chi connectivity index (χ4n) is 2.11. The third kappa shape index (κ3) is 6.29. The van der Waals surface area contributed by atoms with E-state index in [1.54, 1.807) is 0 Å². The lowest BCUT2D eigenvalue weighted by molar-refractivity contribution is -0.139. The molecule has 0 saturated heterocycles. The molecule has 3 N–H and O–H groups in total. The van der Waals surface area contributed by atoms with Crippen molar-refractivity contribution in [1.29, 1.82) is 0 Å². The number of hydrogen-bond acceptors (Lipinski definition) is 2. The monoisotopic (exact) mass is 292 g/mol. The molecule has 0 aliphatic carbocycles. The summed E-state index contributed by atoms with van der Waals surface area (Å²) in [4.78, 5) is 22.6. The third-order valence-corrected chi connectivity index (χ3v) is 3.41. The van der Waals surface area contributed by atoms with Crippen molar-refractivity contribution in [3.8, 4) is 0 Å². The molecule has 1 aromatic rings. The van der Waals surface area contributed by atoms with Crippen LogP contribution in [0, 0.1) is 0 Å². The van der Waals surface area contributed by atoms with Crippen LogP contribution in [0.2, 0.25) is 0 Å². The predicted octanol–water partition coefficient (Wildman–Crippen LogP) is 2.73. The van der Waals surface area contributed by atoms with Gasteiger partial charge in [0.15, 0.2) is 0 Å². The van der Waals surface area contributed by atoms with E-state index < -0.39 is 18.0 Å². The van der Waals surface area contributed by atoms with Crippen LogP contribution in [0.5, 0.6) is 0 Å². The molecule has 1 rings (SSSR count). The molecule has 0 spiro atoms. The number of carboxylic acid groups (broad SMARTS) is 1. The van der Waals surface area contributed by atoms with Gasteiger partial charge in [0, 0.05) is 6.54 Å². The highest BCUT2D eigenvalue weighted by Crippen LogP contribution is 2.17. The molecule has 0 radical (unpaired) electrons. The fourth-order valence-corrected chi connectivity index (χ4v) is 2.11. The lowest BCUT2D eigenvalue weighted by atomic mass is 9.98. The summed E-state index contributed by atoms with van der Waals surface area (Å²) < 4.78 is 0. The summed E-state index contributed by atoms with van der Waals surface area (Å²) in [5, 5.41) is 14.2. The molecule has 2 amide bonds. The SMILES string of the molecule is CCC[C@H](NC(=O)NCCC(C)c1ccccc1)C(=O)O. The standard InChI is InChI=1S/C16H24N2O3/c1-3-7-14(15(19)20)18-16(21)17-11-10-12(2)13-8-5-4-6-9-13/h4-6,8-9,12,14H,3,7,10-11H2,1-2H3,(H,19,20)(H2,17,18,21)/t12?,14-/m0/s1. The Morgan fingerprint density at radius 1 is 1.19 bits per heavy atom. The molecule has 0 heterocycles. The molecular weight excluding hydrogens is 268 g/mol. The molecule has 5 heteroatoms. The first-order valence-corrected chi connectivity index (χ1v) is 7.36. The van der Waals surface area contributed by atoms with E-state index in [2.05, 4.69) is 29.7 Å². The summed E-state index contributed by atoms with van der Waals surface area (Å²) in [6.45, 7) is 4.50. The summed E-state index contributed by atoms with van der Waals surface area (Å²) in [5.74, 6) is -0.651. The van der Waals surface area contributed by atoms with Crippen LogP contribution in [0.3, 0.4) is 0 Å². The molecule has 1 unspecified atom stereocenters. The van der Waals surface area contributed by atoms with Crippen molar-refractivity contribution in [2.45, 2.75) is 45.1 Å². The fraction of sp³-hybridized carbons (Fsp3) is 0.500. The zero-order valence-corrected chi connectivity index (χ0v) is 12.6. The molecule has 0 bridgehead atoms. The summed E-state index contributed by atoms with van der Waals surface area (Å²) in [7, 11) is 0. The average Bonchev–Trinajstić information content (AvgIpc) is 2.47. The second-order valence-corrected chi connectivity index (χ2v) is 5.18. The van der Waals surface area contributed by atoms with Crippen LogP contribution in [-0.4, -0.2) is 29.7 Å². The smallest absolute Gasteiger partial charge is 0.326 e. The molecule has 0 aromatic heterocycles. The lowest BCUT2D eigenvalue weighted by Crippen LogP contribution is -2.46. The van der Waals surface area contributed by atoms with Gasteiger partial charge in [-0.05, 0) is 24.3 Å². The van der Waals surface area contributed by atoms with Gasteiger partial charge in [-0.25, -0.2) is 9.59 Å². The molecule has 0 saturated carbocycles. The predicted molar refractivity (Wildman–Crippen MR) is 82.3 cm³/mol. The Balaban J connectivity index is 2.31. The molecular formula is C16H24N2O3. The van der Waals surface area contributed by atoms with Crippen molar-refractivity contribution in [2.24, 2.45) is 0 Å².